The summed E-state index contributed by atoms with van der Waals surface area (Å²) in [5.74, 6) is 3.35. The molecule has 0 nitrogen and oxygen atoms in total. The van der Waals surface area contributed by atoms with Crippen LogP contribution in [0.4, 0.5) is 17.3 Å². The quantitative estimate of drug-likeness (QED) is 0.331. The van der Waals surface area contributed by atoms with Crippen LogP contribution in [0, 0.1) is 10.7 Å². The summed E-state index contributed by atoms with van der Waals surface area (Å²) in [6.07, 6.45) is 0. The zero-order chi connectivity index (χ0) is 18.8. The maximum atomic E-state index is 9.75. The molecular formula is C20H15BF4Se. The predicted molar refractivity (Wildman–Crippen MR) is 101 cm³/mol. The Morgan fingerprint density at radius 1 is 0.577 bits per heavy atom. The van der Waals surface area contributed by atoms with Gasteiger partial charge in [0.15, 0.2) is 0 Å². The minimum atomic E-state index is -6.00. The Morgan fingerprint density at radius 3 is 1.31 bits per heavy atom. The van der Waals surface area contributed by atoms with E-state index in [2.05, 4.69) is 83.5 Å². The van der Waals surface area contributed by atoms with Crippen LogP contribution in [0.5, 0.6) is 0 Å². The minimum absolute atomic E-state index is 1.08. The summed E-state index contributed by atoms with van der Waals surface area (Å²) in [5.41, 5.74) is 1.08. The van der Waals surface area contributed by atoms with Crippen LogP contribution in [0.3, 0.4) is 0 Å². The Labute approximate surface area is 154 Å². The van der Waals surface area contributed by atoms with Crippen molar-refractivity contribution in [1.82, 2.24) is 0 Å². The van der Waals surface area contributed by atoms with Gasteiger partial charge in [-0.25, -0.2) is 0 Å². The molecule has 3 aromatic rings. The van der Waals surface area contributed by atoms with E-state index in [0.29, 0.717) is 0 Å². The predicted octanol–water partition coefficient (Wildman–Crippen LogP) is 4.19. The largest absolute Gasteiger partial charge is 0.673 e. The fraction of sp³-hybridized carbons (Fsp3) is 0. The molecule has 0 aliphatic rings. The van der Waals surface area contributed by atoms with E-state index in [1.807, 2.05) is 18.2 Å². The van der Waals surface area contributed by atoms with Crippen molar-refractivity contribution in [3.63, 3.8) is 0 Å². The van der Waals surface area contributed by atoms with Crippen LogP contribution < -0.4 is 8.92 Å². The molecule has 132 valence electrons. The van der Waals surface area contributed by atoms with Crippen LogP contribution in [0.1, 0.15) is 5.56 Å². The molecule has 26 heavy (non-hydrogen) atoms. The standard InChI is InChI=1S/C20H15Se.BF4/c1-4-10-18(11-5-1)16-17-21(19-12-6-2-7-13-19)20-14-8-3-9-15-20;2-1(3,4)5/h1-15H;/q+1;-1. The van der Waals surface area contributed by atoms with Crippen molar-refractivity contribution in [3.05, 3.63) is 96.6 Å². The Morgan fingerprint density at radius 2 is 0.923 bits per heavy atom. The van der Waals surface area contributed by atoms with Crippen LogP contribution in [-0.4, -0.2) is 21.2 Å². The molecule has 0 radical (unpaired) electrons. The molecule has 0 saturated heterocycles. The van der Waals surface area contributed by atoms with Gasteiger partial charge in [-0.3, -0.25) is 0 Å². The molecule has 0 fully saturated rings. The van der Waals surface area contributed by atoms with Gasteiger partial charge >= 0.3 is 137 Å². The Kier molecular flexibility index (Phi) is 7.53. The second kappa shape index (κ2) is 9.87. The molecule has 3 rings (SSSR count). The number of benzene rings is 3. The zero-order valence-corrected chi connectivity index (χ0v) is 15.4. The molecular weight excluding hydrogens is 406 g/mol. The van der Waals surface area contributed by atoms with Crippen LogP contribution >= 0.6 is 0 Å². The third-order valence-corrected chi connectivity index (χ3v) is 6.79. The molecule has 0 N–H and O–H groups in total. The molecule has 0 bridgehead atoms. The van der Waals surface area contributed by atoms with Gasteiger partial charge in [0.05, 0.1) is 0 Å². The topological polar surface area (TPSA) is 0 Å². The molecule has 0 atom stereocenters. The Balaban J connectivity index is 0.000000431. The first-order valence-electron chi connectivity index (χ1n) is 7.72. The molecule has 0 heterocycles. The van der Waals surface area contributed by atoms with Gasteiger partial charge in [0, 0.05) is 0 Å². The third-order valence-electron chi connectivity index (χ3n) is 3.03. The van der Waals surface area contributed by atoms with Crippen molar-refractivity contribution >= 4 is 30.1 Å². The van der Waals surface area contributed by atoms with E-state index in [-0.39, 0.29) is 0 Å². The summed E-state index contributed by atoms with van der Waals surface area (Å²) >= 11 is -1.32. The van der Waals surface area contributed by atoms with Crippen molar-refractivity contribution in [2.24, 2.45) is 0 Å². The summed E-state index contributed by atoms with van der Waals surface area (Å²) in [7, 11) is -6.00. The van der Waals surface area contributed by atoms with Crippen molar-refractivity contribution in [2.45, 2.75) is 0 Å². The van der Waals surface area contributed by atoms with Gasteiger partial charge in [-0.15, -0.1) is 0 Å². The Bertz CT molecular complexity index is 795. The average molecular weight is 421 g/mol. The van der Waals surface area contributed by atoms with E-state index in [9.17, 15) is 17.3 Å². The average Bonchev–Trinajstić information content (AvgIpc) is 2.63. The fourth-order valence-corrected chi connectivity index (χ4v) is 5.33. The number of halogens is 4. The summed E-state index contributed by atoms with van der Waals surface area (Å²) in [6, 6.07) is 31.5. The maximum absolute atomic E-state index is 9.75. The number of hydrogen-bond donors (Lipinski definition) is 0. The second-order valence-corrected chi connectivity index (χ2v) is 8.71. The third kappa shape index (κ3) is 7.61. The maximum Gasteiger partial charge on any atom is 0.673 e. The van der Waals surface area contributed by atoms with E-state index < -0.39 is 21.2 Å². The minimum Gasteiger partial charge on any atom is -0.418 e. The van der Waals surface area contributed by atoms with Crippen molar-refractivity contribution in [2.75, 3.05) is 0 Å². The molecule has 0 spiro atoms. The molecule has 6 heteroatoms. The normalized spacial score (nSPS) is 10.3. The smallest absolute Gasteiger partial charge is 0.418 e. The van der Waals surface area contributed by atoms with E-state index in [1.54, 1.807) is 0 Å². The van der Waals surface area contributed by atoms with Gasteiger partial charge in [0.1, 0.15) is 0 Å². The monoisotopic (exact) mass is 422 g/mol. The number of hydrogen-bond acceptors (Lipinski definition) is 0. The van der Waals surface area contributed by atoms with E-state index in [1.165, 1.54) is 8.92 Å². The molecule has 0 amide bonds. The summed E-state index contributed by atoms with van der Waals surface area (Å²) in [6.45, 7) is 0. The summed E-state index contributed by atoms with van der Waals surface area (Å²) in [4.78, 5) is 3.54. The fourth-order valence-electron chi connectivity index (χ4n) is 2.00. The van der Waals surface area contributed by atoms with Gasteiger partial charge in [-0.2, -0.15) is 0 Å². The zero-order valence-electron chi connectivity index (χ0n) is 13.7. The van der Waals surface area contributed by atoms with Gasteiger partial charge in [-0.1, -0.05) is 0 Å². The van der Waals surface area contributed by atoms with E-state index in [0.717, 1.165) is 5.56 Å². The van der Waals surface area contributed by atoms with Crippen molar-refractivity contribution < 1.29 is 17.3 Å². The first kappa shape index (κ1) is 19.8. The first-order valence-corrected chi connectivity index (χ1v) is 10.3. The first-order chi connectivity index (χ1) is 12.4. The van der Waals surface area contributed by atoms with Crippen LogP contribution in [-0.2, 0) is 0 Å². The molecule has 0 aromatic heterocycles. The van der Waals surface area contributed by atoms with Gasteiger partial charge in [-0.05, 0) is 0 Å². The van der Waals surface area contributed by atoms with Crippen molar-refractivity contribution in [3.8, 4) is 10.7 Å². The van der Waals surface area contributed by atoms with E-state index in [4.69, 9.17) is 0 Å². The second-order valence-electron chi connectivity index (χ2n) is 5.02. The molecule has 0 unspecified atom stereocenters. The van der Waals surface area contributed by atoms with Crippen LogP contribution in [0.15, 0.2) is 91.0 Å². The SMILES string of the molecule is C(#C[Se+](c1ccccc1)c1ccccc1)c1ccccc1.F[B-](F)(F)F. The summed E-state index contributed by atoms with van der Waals surface area (Å²) in [5, 5.41) is 0. The Hall–Kier alpha value is -2.48. The molecule has 0 aliphatic carbocycles. The van der Waals surface area contributed by atoms with Crippen LogP contribution in [0.25, 0.3) is 0 Å². The summed E-state index contributed by atoms with van der Waals surface area (Å²) < 4.78 is 41.7. The van der Waals surface area contributed by atoms with Gasteiger partial charge in [0.2, 0.25) is 0 Å². The van der Waals surface area contributed by atoms with E-state index >= 15 is 0 Å². The number of rotatable bonds is 2. The van der Waals surface area contributed by atoms with Gasteiger partial charge in [0.25, 0.3) is 0 Å². The van der Waals surface area contributed by atoms with Gasteiger partial charge < -0.3 is 17.3 Å². The molecule has 0 aliphatic heterocycles. The molecule has 3 aromatic carbocycles. The van der Waals surface area contributed by atoms with Crippen LogP contribution in [0.2, 0.25) is 0 Å². The molecule has 0 saturated carbocycles. The van der Waals surface area contributed by atoms with Crippen molar-refractivity contribution in [1.29, 1.82) is 0 Å².